The number of imidazole rings is 1. The number of rotatable bonds is 14. The van der Waals surface area contributed by atoms with Crippen LogP contribution in [0.2, 0.25) is 0 Å². The van der Waals surface area contributed by atoms with Gasteiger partial charge in [0.15, 0.2) is 0 Å². The lowest BCUT2D eigenvalue weighted by atomic mass is 9.96. The first kappa shape index (κ1) is 24.3. The van der Waals surface area contributed by atoms with Crippen LogP contribution in [0.3, 0.4) is 0 Å². The van der Waals surface area contributed by atoms with E-state index in [0.717, 1.165) is 25.9 Å². The average molecular weight is 432 g/mol. The molecular formula is C30H43N2+. The highest BCUT2D eigenvalue weighted by Gasteiger charge is 2.24. The van der Waals surface area contributed by atoms with Crippen molar-refractivity contribution in [2.75, 3.05) is 0 Å². The second-order valence-electron chi connectivity index (χ2n) is 9.33. The van der Waals surface area contributed by atoms with Gasteiger partial charge in [-0.25, -0.2) is 9.13 Å². The fraction of sp³-hybridized carbons (Fsp3) is 0.500. The van der Waals surface area contributed by atoms with Crippen molar-refractivity contribution in [3.63, 3.8) is 0 Å². The zero-order valence-electron chi connectivity index (χ0n) is 20.6. The molecule has 0 saturated carbocycles. The summed E-state index contributed by atoms with van der Waals surface area (Å²) in [5, 5.41) is 0. The lowest BCUT2D eigenvalue weighted by Gasteiger charge is -2.11. The molecule has 1 aromatic heterocycles. The van der Waals surface area contributed by atoms with Crippen molar-refractivity contribution < 1.29 is 4.57 Å². The van der Waals surface area contributed by atoms with Crippen molar-refractivity contribution in [2.45, 2.75) is 97.6 Å². The summed E-state index contributed by atoms with van der Waals surface area (Å²) in [5.74, 6) is 2.00. The SMILES string of the molecule is CCCCCCCCn1cc(CC(C)c2ccccc2)[n+](CCC)c1Cc1ccccc1. The molecule has 0 radical (unpaired) electrons. The quantitative estimate of drug-likeness (QED) is 0.185. The fourth-order valence-electron chi connectivity index (χ4n) is 4.75. The molecular weight excluding hydrogens is 388 g/mol. The molecule has 0 aliphatic rings. The predicted molar refractivity (Wildman–Crippen MR) is 136 cm³/mol. The van der Waals surface area contributed by atoms with Gasteiger partial charge in [0.1, 0.15) is 11.9 Å². The Labute approximate surface area is 196 Å². The number of aryl methyl sites for hydroxylation is 1. The van der Waals surface area contributed by atoms with Gasteiger partial charge in [-0.1, -0.05) is 107 Å². The molecule has 2 heteroatoms. The fourth-order valence-corrected chi connectivity index (χ4v) is 4.75. The Morgan fingerprint density at radius 2 is 1.44 bits per heavy atom. The van der Waals surface area contributed by atoms with Gasteiger partial charge in [-0.05, 0) is 36.3 Å². The maximum absolute atomic E-state index is 2.63. The van der Waals surface area contributed by atoms with Gasteiger partial charge in [0, 0.05) is 6.42 Å². The Morgan fingerprint density at radius 1 is 0.781 bits per heavy atom. The van der Waals surface area contributed by atoms with Crippen molar-refractivity contribution in [3.8, 4) is 0 Å². The van der Waals surface area contributed by atoms with Gasteiger partial charge in [-0.3, -0.25) is 0 Å². The Hall–Kier alpha value is -2.35. The zero-order valence-corrected chi connectivity index (χ0v) is 20.6. The molecule has 3 rings (SSSR count). The first-order chi connectivity index (χ1) is 15.7. The minimum Gasteiger partial charge on any atom is -0.234 e. The Morgan fingerprint density at radius 3 is 2.12 bits per heavy atom. The standard InChI is InChI=1S/C30H43N2/c1-4-6-7-8-9-16-22-31-25-29(23-26(3)28-19-14-11-15-20-28)32(21-5-2)30(31)24-27-17-12-10-13-18-27/h10-15,17-20,25-26H,4-9,16,21-24H2,1-3H3/q+1. The number of benzene rings is 2. The maximum atomic E-state index is 2.63. The van der Waals surface area contributed by atoms with Crippen molar-refractivity contribution in [1.82, 2.24) is 4.57 Å². The number of unbranched alkanes of at least 4 members (excludes halogenated alkanes) is 5. The molecule has 3 aromatic rings. The molecule has 0 aliphatic heterocycles. The molecule has 32 heavy (non-hydrogen) atoms. The van der Waals surface area contributed by atoms with Crippen LogP contribution >= 0.6 is 0 Å². The third kappa shape index (κ3) is 7.08. The number of hydrogen-bond donors (Lipinski definition) is 0. The van der Waals surface area contributed by atoms with Crippen LogP contribution in [0.25, 0.3) is 0 Å². The molecule has 2 aromatic carbocycles. The maximum Gasteiger partial charge on any atom is 0.261 e. The first-order valence-electron chi connectivity index (χ1n) is 12.9. The molecule has 172 valence electrons. The Kier molecular flexibility index (Phi) is 10.1. The van der Waals surface area contributed by atoms with Crippen LogP contribution in [0.1, 0.15) is 94.3 Å². The molecule has 0 aliphatic carbocycles. The molecule has 0 amide bonds. The molecule has 0 saturated heterocycles. The van der Waals surface area contributed by atoms with Crippen LogP contribution in [0.5, 0.6) is 0 Å². The second-order valence-corrected chi connectivity index (χ2v) is 9.33. The van der Waals surface area contributed by atoms with Gasteiger partial charge in [0.25, 0.3) is 5.82 Å². The van der Waals surface area contributed by atoms with E-state index in [1.807, 2.05) is 0 Å². The van der Waals surface area contributed by atoms with E-state index in [9.17, 15) is 0 Å². The molecule has 0 fully saturated rings. The first-order valence-corrected chi connectivity index (χ1v) is 12.9. The molecule has 1 unspecified atom stereocenters. The van der Waals surface area contributed by atoms with Gasteiger partial charge in [0.2, 0.25) is 0 Å². The van der Waals surface area contributed by atoms with Crippen LogP contribution < -0.4 is 4.57 Å². The smallest absolute Gasteiger partial charge is 0.234 e. The minimum atomic E-state index is 0.522. The topological polar surface area (TPSA) is 8.81 Å². The molecule has 0 bridgehead atoms. The van der Waals surface area contributed by atoms with E-state index in [2.05, 4.69) is 96.8 Å². The van der Waals surface area contributed by atoms with Crippen LogP contribution in [-0.4, -0.2) is 4.57 Å². The second kappa shape index (κ2) is 13.3. The number of nitrogens with zero attached hydrogens (tertiary/aromatic N) is 2. The monoisotopic (exact) mass is 431 g/mol. The highest BCUT2D eigenvalue weighted by atomic mass is 15.2. The van der Waals surface area contributed by atoms with E-state index in [0.29, 0.717) is 5.92 Å². The van der Waals surface area contributed by atoms with Crippen molar-refractivity contribution in [1.29, 1.82) is 0 Å². The van der Waals surface area contributed by atoms with Crippen LogP contribution in [0.4, 0.5) is 0 Å². The summed E-state index contributed by atoms with van der Waals surface area (Å²) in [7, 11) is 0. The van der Waals surface area contributed by atoms with Gasteiger partial charge in [-0.2, -0.15) is 0 Å². The van der Waals surface area contributed by atoms with E-state index in [4.69, 9.17) is 0 Å². The van der Waals surface area contributed by atoms with Crippen LogP contribution in [-0.2, 0) is 25.9 Å². The number of hydrogen-bond acceptors (Lipinski definition) is 0. The summed E-state index contributed by atoms with van der Waals surface area (Å²) in [4.78, 5) is 0. The van der Waals surface area contributed by atoms with E-state index >= 15 is 0 Å². The summed E-state index contributed by atoms with van der Waals surface area (Å²) in [6, 6.07) is 22.0. The van der Waals surface area contributed by atoms with E-state index in [-0.39, 0.29) is 0 Å². The van der Waals surface area contributed by atoms with Crippen LogP contribution in [0.15, 0.2) is 66.9 Å². The van der Waals surface area contributed by atoms with Gasteiger partial charge in [0.05, 0.1) is 19.5 Å². The highest BCUT2D eigenvalue weighted by molar-refractivity contribution is 5.21. The molecule has 1 atom stereocenters. The van der Waals surface area contributed by atoms with Gasteiger partial charge < -0.3 is 0 Å². The minimum absolute atomic E-state index is 0.522. The van der Waals surface area contributed by atoms with Crippen molar-refractivity contribution in [3.05, 3.63) is 89.5 Å². The Balaban J connectivity index is 1.82. The largest absolute Gasteiger partial charge is 0.261 e. The van der Waals surface area contributed by atoms with E-state index in [1.165, 1.54) is 67.6 Å². The summed E-state index contributed by atoms with van der Waals surface area (Å²) in [5.41, 5.74) is 4.33. The summed E-state index contributed by atoms with van der Waals surface area (Å²) >= 11 is 0. The molecule has 0 spiro atoms. The average Bonchev–Trinajstić information content (AvgIpc) is 3.13. The van der Waals surface area contributed by atoms with Crippen LogP contribution in [0, 0.1) is 0 Å². The molecule has 2 nitrogen and oxygen atoms in total. The number of aromatic nitrogens is 2. The van der Waals surface area contributed by atoms with E-state index in [1.54, 1.807) is 0 Å². The predicted octanol–water partition coefficient (Wildman–Crippen LogP) is 7.48. The normalized spacial score (nSPS) is 12.2. The third-order valence-electron chi connectivity index (χ3n) is 6.58. The summed E-state index contributed by atoms with van der Waals surface area (Å²) in [6.45, 7) is 9.20. The Bertz CT molecular complexity index is 895. The molecule has 0 N–H and O–H groups in total. The summed E-state index contributed by atoms with van der Waals surface area (Å²) in [6.07, 6.45) is 13.8. The van der Waals surface area contributed by atoms with Gasteiger partial charge >= 0.3 is 0 Å². The van der Waals surface area contributed by atoms with Crippen molar-refractivity contribution >= 4 is 0 Å². The van der Waals surface area contributed by atoms with Gasteiger partial charge in [-0.15, -0.1) is 0 Å². The zero-order chi connectivity index (χ0) is 22.6. The highest BCUT2D eigenvalue weighted by Crippen LogP contribution is 2.21. The van der Waals surface area contributed by atoms with Crippen molar-refractivity contribution in [2.24, 2.45) is 0 Å². The molecule has 1 heterocycles. The third-order valence-corrected chi connectivity index (χ3v) is 6.58. The summed E-state index contributed by atoms with van der Waals surface area (Å²) < 4.78 is 5.21. The lowest BCUT2D eigenvalue weighted by molar-refractivity contribution is -0.710. The lowest BCUT2D eigenvalue weighted by Crippen LogP contribution is -2.41. The van der Waals surface area contributed by atoms with E-state index < -0.39 is 0 Å².